The second-order valence-electron chi connectivity index (χ2n) is 7.55. The number of rotatable bonds is 17. The summed E-state index contributed by atoms with van der Waals surface area (Å²) in [5, 5.41) is 2.07. The minimum Gasteiger partial charge on any atom is -0.309 e. The van der Waals surface area contributed by atoms with Gasteiger partial charge in [0.05, 0.1) is 0 Å². The average Bonchev–Trinajstić information content (AvgIpc) is 2.55. The van der Waals surface area contributed by atoms with E-state index in [2.05, 4.69) is 42.9 Å². The first kappa shape index (κ1) is 24.1. The van der Waals surface area contributed by atoms with Crippen molar-refractivity contribution in [1.82, 2.24) is 15.3 Å². The molecule has 0 aromatic heterocycles. The third kappa shape index (κ3) is 16.4. The SMILES string of the molecule is C=C(C)C(=O)NN(CCCCCCCCCCCC)CCCN(C)C. The molecule has 0 aliphatic carbocycles. The summed E-state index contributed by atoms with van der Waals surface area (Å²) in [7, 11) is 4.16. The zero-order chi connectivity index (χ0) is 18.9. The maximum atomic E-state index is 11.9. The fourth-order valence-electron chi connectivity index (χ4n) is 2.83. The van der Waals surface area contributed by atoms with E-state index in [4.69, 9.17) is 0 Å². The first-order valence-corrected chi connectivity index (χ1v) is 10.3. The largest absolute Gasteiger partial charge is 0.309 e. The Morgan fingerprint density at radius 3 is 1.76 bits per heavy atom. The molecule has 0 aliphatic rings. The Balaban J connectivity index is 3.81. The number of nitrogens with one attached hydrogen (secondary N) is 1. The average molecular weight is 354 g/mol. The molecule has 0 unspecified atom stereocenters. The first-order valence-electron chi connectivity index (χ1n) is 10.3. The highest BCUT2D eigenvalue weighted by Gasteiger charge is 2.09. The molecule has 1 N–H and O–H groups in total. The van der Waals surface area contributed by atoms with Crippen molar-refractivity contribution < 1.29 is 4.79 Å². The van der Waals surface area contributed by atoms with Crippen molar-refractivity contribution in [3.63, 3.8) is 0 Å². The summed E-state index contributed by atoms with van der Waals surface area (Å²) in [6, 6.07) is 0. The topological polar surface area (TPSA) is 35.6 Å². The number of hydrogen-bond donors (Lipinski definition) is 1. The maximum absolute atomic E-state index is 11.9. The second-order valence-corrected chi connectivity index (χ2v) is 7.55. The van der Waals surface area contributed by atoms with E-state index < -0.39 is 0 Å². The van der Waals surface area contributed by atoms with Crippen molar-refractivity contribution in [3.8, 4) is 0 Å². The van der Waals surface area contributed by atoms with Gasteiger partial charge in [-0.25, -0.2) is 5.01 Å². The van der Waals surface area contributed by atoms with Crippen LogP contribution in [0.25, 0.3) is 0 Å². The van der Waals surface area contributed by atoms with Gasteiger partial charge < -0.3 is 4.90 Å². The molecule has 0 heterocycles. The molecule has 0 aliphatic heterocycles. The molecule has 0 bridgehead atoms. The number of carbonyl (C=O) groups excluding carboxylic acids is 1. The molecule has 1 amide bonds. The molecule has 0 radical (unpaired) electrons. The number of hydrogen-bond acceptors (Lipinski definition) is 3. The zero-order valence-electron chi connectivity index (χ0n) is 17.4. The van der Waals surface area contributed by atoms with Gasteiger partial charge >= 0.3 is 0 Å². The summed E-state index contributed by atoms with van der Waals surface area (Å²) < 4.78 is 0. The lowest BCUT2D eigenvalue weighted by atomic mass is 10.1. The van der Waals surface area contributed by atoms with Gasteiger partial charge in [0.25, 0.3) is 5.91 Å². The van der Waals surface area contributed by atoms with E-state index in [9.17, 15) is 4.79 Å². The van der Waals surface area contributed by atoms with Gasteiger partial charge in [0.1, 0.15) is 0 Å². The van der Waals surface area contributed by atoms with E-state index >= 15 is 0 Å². The normalized spacial score (nSPS) is 11.3. The third-order valence-electron chi connectivity index (χ3n) is 4.46. The van der Waals surface area contributed by atoms with E-state index in [-0.39, 0.29) is 5.91 Å². The Morgan fingerprint density at radius 2 is 1.28 bits per heavy atom. The zero-order valence-corrected chi connectivity index (χ0v) is 17.4. The van der Waals surface area contributed by atoms with E-state index in [0.717, 1.165) is 32.5 Å². The number of nitrogens with zero attached hydrogens (tertiary/aromatic N) is 2. The van der Waals surface area contributed by atoms with Crippen LogP contribution in [0.15, 0.2) is 12.2 Å². The fraction of sp³-hybridized carbons (Fsp3) is 0.857. The molecule has 0 rings (SSSR count). The summed E-state index contributed by atoms with van der Waals surface area (Å²) >= 11 is 0. The van der Waals surface area contributed by atoms with Crippen molar-refractivity contribution >= 4 is 5.91 Å². The van der Waals surface area contributed by atoms with Gasteiger partial charge in [-0.05, 0) is 40.4 Å². The Bertz CT molecular complexity index is 342. The Morgan fingerprint density at radius 1 is 0.800 bits per heavy atom. The van der Waals surface area contributed by atoms with Crippen LogP contribution in [-0.4, -0.2) is 49.5 Å². The monoisotopic (exact) mass is 353 g/mol. The van der Waals surface area contributed by atoms with Crippen LogP contribution in [0.3, 0.4) is 0 Å². The van der Waals surface area contributed by atoms with Gasteiger partial charge in [0, 0.05) is 18.7 Å². The minimum absolute atomic E-state index is 0.0584. The molecular weight excluding hydrogens is 310 g/mol. The molecule has 0 aromatic rings. The van der Waals surface area contributed by atoms with Crippen LogP contribution in [0, 0.1) is 0 Å². The maximum Gasteiger partial charge on any atom is 0.260 e. The van der Waals surface area contributed by atoms with Crippen LogP contribution in [0.1, 0.15) is 84.5 Å². The fourth-order valence-corrected chi connectivity index (χ4v) is 2.83. The van der Waals surface area contributed by atoms with E-state index in [1.807, 2.05) is 0 Å². The predicted molar refractivity (Wildman–Crippen MR) is 110 cm³/mol. The quantitative estimate of drug-likeness (QED) is 0.232. The lowest BCUT2D eigenvalue weighted by Crippen LogP contribution is -2.44. The molecule has 0 saturated carbocycles. The number of hydrazine groups is 1. The summed E-state index contributed by atoms with van der Waals surface area (Å²) in [5.74, 6) is -0.0584. The molecule has 4 heteroatoms. The van der Waals surface area contributed by atoms with Crippen LogP contribution in [-0.2, 0) is 4.79 Å². The summed E-state index contributed by atoms with van der Waals surface area (Å²) in [5.41, 5.74) is 3.57. The molecule has 0 saturated heterocycles. The summed E-state index contributed by atoms with van der Waals surface area (Å²) in [6.45, 7) is 10.6. The molecular formula is C21H43N3O. The summed E-state index contributed by atoms with van der Waals surface area (Å²) in [4.78, 5) is 14.0. The van der Waals surface area contributed by atoms with Crippen LogP contribution in [0.2, 0.25) is 0 Å². The van der Waals surface area contributed by atoms with Crippen LogP contribution in [0.4, 0.5) is 0 Å². The number of unbranched alkanes of at least 4 members (excludes halogenated alkanes) is 9. The minimum atomic E-state index is -0.0584. The molecule has 25 heavy (non-hydrogen) atoms. The van der Waals surface area contributed by atoms with Crippen LogP contribution < -0.4 is 5.43 Å². The molecule has 4 nitrogen and oxygen atoms in total. The van der Waals surface area contributed by atoms with E-state index in [0.29, 0.717) is 5.57 Å². The van der Waals surface area contributed by atoms with Gasteiger partial charge in [-0.2, -0.15) is 0 Å². The van der Waals surface area contributed by atoms with Gasteiger partial charge in [-0.1, -0.05) is 71.3 Å². The molecule has 0 fully saturated rings. The van der Waals surface area contributed by atoms with Gasteiger partial charge in [-0.15, -0.1) is 0 Å². The summed E-state index contributed by atoms with van der Waals surface area (Å²) in [6.07, 6.45) is 14.4. The van der Waals surface area contributed by atoms with Crippen molar-refractivity contribution in [1.29, 1.82) is 0 Å². The Hall–Kier alpha value is -0.870. The van der Waals surface area contributed by atoms with Crippen molar-refractivity contribution in [2.24, 2.45) is 0 Å². The van der Waals surface area contributed by atoms with Crippen LogP contribution >= 0.6 is 0 Å². The highest BCUT2D eigenvalue weighted by Crippen LogP contribution is 2.10. The van der Waals surface area contributed by atoms with Crippen molar-refractivity contribution in [3.05, 3.63) is 12.2 Å². The lowest BCUT2D eigenvalue weighted by molar-refractivity contribution is -0.122. The Labute approximate surface area is 157 Å². The van der Waals surface area contributed by atoms with Crippen LogP contribution in [0.5, 0.6) is 0 Å². The molecule has 148 valence electrons. The smallest absolute Gasteiger partial charge is 0.260 e. The highest BCUT2D eigenvalue weighted by molar-refractivity contribution is 5.91. The molecule has 0 atom stereocenters. The second kappa shape index (κ2) is 16.6. The lowest BCUT2D eigenvalue weighted by Gasteiger charge is -2.24. The predicted octanol–water partition coefficient (Wildman–Crippen LogP) is 4.77. The number of amides is 1. The number of carbonyl (C=O) groups is 1. The van der Waals surface area contributed by atoms with Gasteiger partial charge in [0.2, 0.25) is 0 Å². The van der Waals surface area contributed by atoms with E-state index in [1.165, 1.54) is 57.8 Å². The first-order chi connectivity index (χ1) is 12.0. The molecule has 0 aromatic carbocycles. The van der Waals surface area contributed by atoms with Gasteiger partial charge in [0.15, 0.2) is 0 Å². The highest BCUT2D eigenvalue weighted by atomic mass is 16.2. The molecule has 0 spiro atoms. The standard InChI is InChI=1S/C21H43N3O/c1-6-7-8-9-10-11-12-13-14-15-18-24(19-16-17-23(4)5)22-21(25)20(2)3/h2,6-19H2,1,3-5H3,(H,22,25). The third-order valence-corrected chi connectivity index (χ3v) is 4.46. The van der Waals surface area contributed by atoms with Crippen molar-refractivity contribution in [2.75, 3.05) is 33.7 Å². The van der Waals surface area contributed by atoms with Gasteiger partial charge in [-0.3, -0.25) is 10.2 Å². The Kier molecular flexibility index (Phi) is 16.0. The van der Waals surface area contributed by atoms with Crippen molar-refractivity contribution in [2.45, 2.75) is 84.5 Å². The van der Waals surface area contributed by atoms with E-state index in [1.54, 1.807) is 6.92 Å².